The van der Waals surface area contributed by atoms with Gasteiger partial charge in [-0.2, -0.15) is 5.10 Å². The number of carbonyl (C=O) groups is 1. The summed E-state index contributed by atoms with van der Waals surface area (Å²) in [4.78, 5) is 16.7. The minimum atomic E-state index is -0.322. The second-order valence-corrected chi connectivity index (χ2v) is 8.41. The fourth-order valence-corrected chi connectivity index (χ4v) is 4.03. The molecule has 4 aromatic rings. The number of ether oxygens (including phenoxy) is 3. The van der Waals surface area contributed by atoms with E-state index in [0.717, 1.165) is 38.9 Å². The maximum absolute atomic E-state index is 12.4. The first-order chi connectivity index (χ1) is 17.0. The molecule has 8 heteroatoms. The van der Waals surface area contributed by atoms with Gasteiger partial charge < -0.3 is 19.9 Å². The fraction of sp³-hybridized carbons (Fsp3) is 0.296. The molecule has 35 heavy (non-hydrogen) atoms. The number of pyridine rings is 1. The van der Waals surface area contributed by atoms with E-state index in [9.17, 15) is 4.79 Å². The summed E-state index contributed by atoms with van der Waals surface area (Å²) in [5.74, 6) is 0.322. The van der Waals surface area contributed by atoms with Crippen molar-refractivity contribution in [2.45, 2.75) is 32.6 Å². The number of methoxy groups -OCH3 is 1. The van der Waals surface area contributed by atoms with Crippen LogP contribution in [0.25, 0.3) is 22.0 Å². The summed E-state index contributed by atoms with van der Waals surface area (Å²) in [7, 11) is 3.49. The number of benzene rings is 2. The van der Waals surface area contributed by atoms with E-state index < -0.39 is 0 Å². The third-order valence-electron chi connectivity index (χ3n) is 5.70. The van der Waals surface area contributed by atoms with Crippen molar-refractivity contribution in [2.24, 2.45) is 12.8 Å². The molecule has 0 saturated heterocycles. The van der Waals surface area contributed by atoms with E-state index in [1.165, 1.54) is 0 Å². The molecular weight excluding hydrogens is 444 g/mol. The predicted molar refractivity (Wildman–Crippen MR) is 134 cm³/mol. The molecule has 2 aromatic carbocycles. The van der Waals surface area contributed by atoms with Crippen LogP contribution in [0.1, 0.15) is 23.7 Å². The Hall–Kier alpha value is -3.75. The highest BCUT2D eigenvalue weighted by atomic mass is 16.6. The molecule has 182 valence electrons. The summed E-state index contributed by atoms with van der Waals surface area (Å²) in [6, 6.07) is 15.6. The fourth-order valence-electron chi connectivity index (χ4n) is 4.03. The van der Waals surface area contributed by atoms with Gasteiger partial charge in [0.1, 0.15) is 18.5 Å². The lowest BCUT2D eigenvalue weighted by Gasteiger charge is -2.15. The van der Waals surface area contributed by atoms with E-state index in [1.807, 2.05) is 54.3 Å². The number of nitrogens with zero attached hydrogens (tertiary/aromatic N) is 3. The highest BCUT2D eigenvalue weighted by Crippen LogP contribution is 2.31. The van der Waals surface area contributed by atoms with Gasteiger partial charge in [0.05, 0.1) is 30.4 Å². The van der Waals surface area contributed by atoms with Gasteiger partial charge in [-0.25, -0.2) is 0 Å². The van der Waals surface area contributed by atoms with E-state index in [-0.39, 0.29) is 18.5 Å². The summed E-state index contributed by atoms with van der Waals surface area (Å²) in [5.41, 5.74) is 11.4. The Morgan fingerprint density at radius 2 is 2.00 bits per heavy atom. The van der Waals surface area contributed by atoms with Crippen molar-refractivity contribution in [3.63, 3.8) is 0 Å². The van der Waals surface area contributed by atoms with Crippen LogP contribution in [0, 0.1) is 0 Å². The Kier molecular flexibility index (Phi) is 7.74. The molecule has 0 amide bonds. The molecular formula is C27H30N4O4. The van der Waals surface area contributed by atoms with Gasteiger partial charge in [0.15, 0.2) is 0 Å². The number of aromatic nitrogens is 3. The molecule has 0 aliphatic heterocycles. The van der Waals surface area contributed by atoms with Gasteiger partial charge in [-0.05, 0) is 53.9 Å². The molecule has 1 atom stereocenters. The monoisotopic (exact) mass is 474 g/mol. The maximum atomic E-state index is 12.4. The Labute approximate surface area is 204 Å². The largest absolute Gasteiger partial charge is 0.489 e. The van der Waals surface area contributed by atoms with Crippen LogP contribution in [0.4, 0.5) is 0 Å². The van der Waals surface area contributed by atoms with Crippen LogP contribution in [-0.4, -0.2) is 40.6 Å². The Morgan fingerprint density at radius 1 is 1.17 bits per heavy atom. The van der Waals surface area contributed by atoms with E-state index in [0.29, 0.717) is 25.5 Å². The summed E-state index contributed by atoms with van der Waals surface area (Å²) in [6.07, 6.45) is 3.45. The van der Waals surface area contributed by atoms with Gasteiger partial charge in [0, 0.05) is 37.8 Å². The Bertz CT molecular complexity index is 1320. The number of hydrogen-bond acceptors (Lipinski definition) is 7. The molecule has 0 radical (unpaired) electrons. The summed E-state index contributed by atoms with van der Waals surface area (Å²) in [5, 5.41) is 5.48. The first kappa shape index (κ1) is 24.4. The number of esters is 1. The molecule has 1 unspecified atom stereocenters. The number of carbonyl (C=O) groups excluding carboxylic acids is 1. The summed E-state index contributed by atoms with van der Waals surface area (Å²) < 4.78 is 18.5. The molecule has 2 aromatic heterocycles. The second-order valence-electron chi connectivity index (χ2n) is 8.41. The zero-order chi connectivity index (χ0) is 24.8. The van der Waals surface area contributed by atoms with Crippen molar-refractivity contribution in [3.8, 4) is 16.9 Å². The maximum Gasteiger partial charge on any atom is 0.310 e. The molecule has 2 N–H and O–H groups in total. The van der Waals surface area contributed by atoms with Crippen molar-refractivity contribution in [2.75, 3.05) is 13.7 Å². The van der Waals surface area contributed by atoms with Crippen molar-refractivity contribution in [3.05, 3.63) is 77.7 Å². The number of rotatable bonds is 10. The van der Waals surface area contributed by atoms with Gasteiger partial charge in [0.2, 0.25) is 0 Å². The van der Waals surface area contributed by atoms with E-state index in [1.54, 1.807) is 20.2 Å². The molecule has 4 rings (SSSR count). The van der Waals surface area contributed by atoms with Crippen LogP contribution < -0.4 is 10.5 Å². The summed E-state index contributed by atoms with van der Waals surface area (Å²) >= 11 is 0. The van der Waals surface area contributed by atoms with Crippen LogP contribution in [0.5, 0.6) is 5.75 Å². The minimum Gasteiger partial charge on any atom is -0.489 e. The van der Waals surface area contributed by atoms with Gasteiger partial charge in [-0.3, -0.25) is 14.5 Å². The number of para-hydroxylation sites is 1. The molecule has 0 saturated carbocycles. The van der Waals surface area contributed by atoms with E-state index >= 15 is 0 Å². The van der Waals surface area contributed by atoms with Crippen LogP contribution in [-0.2, 0) is 40.9 Å². The number of aryl methyl sites for hydroxylation is 1. The van der Waals surface area contributed by atoms with E-state index in [2.05, 4.69) is 22.2 Å². The van der Waals surface area contributed by atoms with Crippen molar-refractivity contribution >= 4 is 16.9 Å². The minimum absolute atomic E-state index is 0.120. The average Bonchev–Trinajstić information content (AvgIpc) is 3.23. The van der Waals surface area contributed by atoms with Crippen LogP contribution in [0.2, 0.25) is 0 Å². The summed E-state index contributed by atoms with van der Waals surface area (Å²) in [6.45, 7) is 2.85. The highest BCUT2D eigenvalue weighted by Gasteiger charge is 2.15. The number of nitrogens with two attached hydrogens (primary N) is 1. The van der Waals surface area contributed by atoms with Gasteiger partial charge in [-0.15, -0.1) is 0 Å². The lowest BCUT2D eigenvalue weighted by atomic mass is 9.99. The second kappa shape index (κ2) is 11.1. The first-order valence-corrected chi connectivity index (χ1v) is 11.5. The molecule has 2 heterocycles. The zero-order valence-corrected chi connectivity index (χ0v) is 20.2. The molecule has 8 nitrogen and oxygen atoms in total. The lowest BCUT2D eigenvalue weighted by molar-refractivity contribution is -0.149. The smallest absolute Gasteiger partial charge is 0.310 e. The molecule has 0 fully saturated rings. The van der Waals surface area contributed by atoms with Gasteiger partial charge in [-0.1, -0.05) is 18.2 Å². The average molecular weight is 475 g/mol. The van der Waals surface area contributed by atoms with Crippen molar-refractivity contribution < 1.29 is 19.0 Å². The topological polar surface area (TPSA) is 101 Å². The third-order valence-corrected chi connectivity index (χ3v) is 5.70. The number of hydrogen-bond donors (Lipinski definition) is 1. The molecule has 0 aliphatic rings. The van der Waals surface area contributed by atoms with Crippen molar-refractivity contribution in [1.29, 1.82) is 0 Å². The first-order valence-electron chi connectivity index (χ1n) is 11.5. The number of fused-ring (bicyclic) bond motifs is 1. The standard InChI is InChI=1S/C27H30N4O4/c1-18(16-33-3)35-27(32)13-21-6-4-5-7-26(21)34-17-19-10-23(20-8-9-29-22(12-20)14-28)24-15-30-31(2)25(24)11-19/h4-12,15,18H,13-14,16-17,28H2,1-3H3. The van der Waals surface area contributed by atoms with Crippen LogP contribution in [0.15, 0.2) is 60.9 Å². The van der Waals surface area contributed by atoms with Crippen molar-refractivity contribution in [1.82, 2.24) is 14.8 Å². The zero-order valence-electron chi connectivity index (χ0n) is 20.2. The molecule has 0 bridgehead atoms. The van der Waals surface area contributed by atoms with Crippen LogP contribution >= 0.6 is 0 Å². The lowest BCUT2D eigenvalue weighted by Crippen LogP contribution is -2.21. The van der Waals surface area contributed by atoms with Gasteiger partial charge >= 0.3 is 5.97 Å². The Balaban J connectivity index is 1.57. The SMILES string of the molecule is COCC(C)OC(=O)Cc1ccccc1OCc1cc(-c2ccnc(CN)c2)c2cnn(C)c2c1. The van der Waals surface area contributed by atoms with Crippen LogP contribution in [0.3, 0.4) is 0 Å². The predicted octanol–water partition coefficient (Wildman–Crippen LogP) is 3.79. The third kappa shape index (κ3) is 5.85. The Morgan fingerprint density at radius 3 is 2.80 bits per heavy atom. The quantitative estimate of drug-likeness (QED) is 0.349. The van der Waals surface area contributed by atoms with E-state index in [4.69, 9.17) is 19.9 Å². The normalized spacial score (nSPS) is 12.0. The highest BCUT2D eigenvalue weighted by molar-refractivity contribution is 5.95. The molecule has 0 spiro atoms. The molecule has 0 aliphatic carbocycles. The van der Waals surface area contributed by atoms with Gasteiger partial charge in [0.25, 0.3) is 0 Å².